The number of rotatable bonds is 0. The Morgan fingerprint density at radius 2 is 2.14 bits per heavy atom. The van der Waals surface area contributed by atoms with Crippen molar-refractivity contribution in [3.63, 3.8) is 0 Å². The molecule has 0 aliphatic heterocycles. The average molecular weight is 192 g/mol. The fraction of sp³-hybridized carbons (Fsp3) is 0.100. The van der Waals surface area contributed by atoms with Gasteiger partial charge in [-0.15, -0.1) is 0 Å². The van der Waals surface area contributed by atoms with Gasteiger partial charge in [0.2, 0.25) is 0 Å². The second-order valence-corrected chi connectivity index (χ2v) is 3.20. The van der Waals surface area contributed by atoms with Gasteiger partial charge in [0.25, 0.3) is 5.56 Å². The summed E-state index contributed by atoms with van der Waals surface area (Å²) < 4.78 is 13.2. The number of aryl methyl sites for hydroxylation is 1. The third-order valence-corrected chi connectivity index (χ3v) is 2.22. The van der Waals surface area contributed by atoms with Crippen molar-refractivity contribution < 1.29 is 4.39 Å². The lowest BCUT2D eigenvalue weighted by Gasteiger charge is -2.03. The van der Waals surface area contributed by atoms with Crippen LogP contribution in [0, 0.1) is 12.7 Å². The maximum absolute atomic E-state index is 13.2. The number of H-pyrrole nitrogens is 1. The Bertz CT molecular complexity index is 560. The first-order valence-corrected chi connectivity index (χ1v) is 4.17. The van der Waals surface area contributed by atoms with Crippen molar-refractivity contribution in [2.75, 3.05) is 5.73 Å². The molecule has 0 aliphatic rings. The van der Waals surface area contributed by atoms with Crippen LogP contribution in [0.25, 0.3) is 10.9 Å². The number of hydrogen-bond acceptors (Lipinski definition) is 2. The second-order valence-electron chi connectivity index (χ2n) is 3.20. The number of fused-ring (bicyclic) bond motifs is 1. The standard InChI is InChI=1S/C10H9FN2O/c1-5-7-3-2-6(12)4-8(7)13-10(14)9(5)11/h2-4H,12H2,1H3,(H,13,14). The maximum atomic E-state index is 13.2. The Kier molecular flexibility index (Phi) is 1.77. The lowest BCUT2D eigenvalue weighted by Crippen LogP contribution is -2.12. The SMILES string of the molecule is Cc1c(F)c(=O)[nH]c2cc(N)ccc12. The molecule has 0 radical (unpaired) electrons. The zero-order valence-corrected chi connectivity index (χ0v) is 7.60. The number of nitrogens with two attached hydrogens (primary N) is 1. The zero-order chi connectivity index (χ0) is 10.3. The summed E-state index contributed by atoms with van der Waals surface area (Å²) in [5.41, 5.74) is 6.29. The number of aromatic amines is 1. The molecule has 4 heteroatoms. The minimum absolute atomic E-state index is 0.351. The van der Waals surface area contributed by atoms with E-state index in [0.717, 1.165) is 0 Å². The van der Waals surface area contributed by atoms with Gasteiger partial charge in [-0.3, -0.25) is 4.79 Å². The van der Waals surface area contributed by atoms with Crippen molar-refractivity contribution in [2.24, 2.45) is 0 Å². The van der Waals surface area contributed by atoms with E-state index in [-0.39, 0.29) is 0 Å². The summed E-state index contributed by atoms with van der Waals surface area (Å²) in [7, 11) is 0. The Morgan fingerprint density at radius 3 is 2.86 bits per heavy atom. The van der Waals surface area contributed by atoms with Gasteiger partial charge in [0.15, 0.2) is 5.82 Å². The molecule has 72 valence electrons. The first-order valence-electron chi connectivity index (χ1n) is 4.17. The van der Waals surface area contributed by atoms with Gasteiger partial charge in [-0.25, -0.2) is 4.39 Å². The topological polar surface area (TPSA) is 58.9 Å². The third kappa shape index (κ3) is 1.16. The van der Waals surface area contributed by atoms with E-state index in [4.69, 9.17) is 5.73 Å². The molecule has 3 N–H and O–H groups in total. The van der Waals surface area contributed by atoms with Gasteiger partial charge in [0, 0.05) is 11.1 Å². The summed E-state index contributed by atoms with van der Waals surface area (Å²) in [5, 5.41) is 0.677. The molecule has 0 bridgehead atoms. The van der Waals surface area contributed by atoms with E-state index >= 15 is 0 Å². The van der Waals surface area contributed by atoms with E-state index in [1.165, 1.54) is 0 Å². The van der Waals surface area contributed by atoms with E-state index in [2.05, 4.69) is 4.98 Å². The summed E-state index contributed by atoms with van der Waals surface area (Å²) >= 11 is 0. The molecule has 0 atom stereocenters. The van der Waals surface area contributed by atoms with Crippen LogP contribution in [0.5, 0.6) is 0 Å². The summed E-state index contributed by atoms with van der Waals surface area (Å²) in [6.45, 7) is 1.57. The zero-order valence-electron chi connectivity index (χ0n) is 7.60. The van der Waals surface area contributed by atoms with E-state index in [9.17, 15) is 9.18 Å². The van der Waals surface area contributed by atoms with Crippen LogP contribution in [0.1, 0.15) is 5.56 Å². The van der Waals surface area contributed by atoms with Crippen LogP contribution >= 0.6 is 0 Å². The smallest absolute Gasteiger partial charge is 0.284 e. The van der Waals surface area contributed by atoms with Crippen molar-refractivity contribution in [3.8, 4) is 0 Å². The molecule has 1 aromatic carbocycles. The highest BCUT2D eigenvalue weighted by molar-refractivity contribution is 5.84. The Hall–Kier alpha value is -1.84. The van der Waals surface area contributed by atoms with Crippen LogP contribution in [0.15, 0.2) is 23.0 Å². The quantitative estimate of drug-likeness (QED) is 0.622. The minimum Gasteiger partial charge on any atom is -0.399 e. The fourth-order valence-corrected chi connectivity index (χ4v) is 1.46. The van der Waals surface area contributed by atoms with Crippen molar-refractivity contribution in [1.29, 1.82) is 0 Å². The fourth-order valence-electron chi connectivity index (χ4n) is 1.46. The Balaban J connectivity index is 2.98. The van der Waals surface area contributed by atoms with Crippen LogP contribution in [-0.4, -0.2) is 4.98 Å². The van der Waals surface area contributed by atoms with Gasteiger partial charge >= 0.3 is 0 Å². The third-order valence-electron chi connectivity index (χ3n) is 2.22. The monoisotopic (exact) mass is 192 g/mol. The molecule has 0 aliphatic carbocycles. The van der Waals surface area contributed by atoms with Gasteiger partial charge in [0.05, 0.1) is 5.52 Å². The molecule has 0 fully saturated rings. The van der Waals surface area contributed by atoms with Crippen LogP contribution in [0.4, 0.5) is 10.1 Å². The molecule has 0 amide bonds. The number of anilines is 1. The molecule has 1 heterocycles. The van der Waals surface area contributed by atoms with E-state index in [1.807, 2.05) is 0 Å². The molecule has 0 saturated heterocycles. The minimum atomic E-state index is -0.734. The van der Waals surface area contributed by atoms with E-state index < -0.39 is 11.4 Å². The summed E-state index contributed by atoms with van der Waals surface area (Å²) in [4.78, 5) is 13.5. The van der Waals surface area contributed by atoms with Gasteiger partial charge in [0.1, 0.15) is 0 Å². The van der Waals surface area contributed by atoms with E-state index in [0.29, 0.717) is 22.2 Å². The van der Waals surface area contributed by atoms with Crippen LogP contribution in [0.2, 0.25) is 0 Å². The van der Waals surface area contributed by atoms with Gasteiger partial charge in [-0.05, 0) is 24.6 Å². The molecule has 0 unspecified atom stereocenters. The highest BCUT2D eigenvalue weighted by atomic mass is 19.1. The van der Waals surface area contributed by atoms with Crippen molar-refractivity contribution in [1.82, 2.24) is 4.98 Å². The molecule has 2 aromatic rings. The lowest BCUT2D eigenvalue weighted by molar-refractivity contribution is 0.603. The first-order chi connectivity index (χ1) is 6.59. The predicted octanol–water partition coefficient (Wildman–Crippen LogP) is 1.56. The molecular weight excluding hydrogens is 183 g/mol. The number of hydrogen-bond donors (Lipinski definition) is 2. The number of pyridine rings is 1. The van der Waals surface area contributed by atoms with Crippen molar-refractivity contribution in [3.05, 3.63) is 39.9 Å². The van der Waals surface area contributed by atoms with Crippen LogP contribution < -0.4 is 11.3 Å². The highest BCUT2D eigenvalue weighted by Gasteiger charge is 2.07. The molecule has 3 nitrogen and oxygen atoms in total. The summed E-state index contributed by atoms with van der Waals surface area (Å²) in [5.74, 6) is -0.734. The Morgan fingerprint density at radius 1 is 1.43 bits per heavy atom. The summed E-state index contributed by atoms with van der Waals surface area (Å²) in [6, 6.07) is 4.98. The number of halogens is 1. The molecule has 2 rings (SSSR count). The van der Waals surface area contributed by atoms with Gasteiger partial charge < -0.3 is 10.7 Å². The maximum Gasteiger partial charge on any atom is 0.284 e. The van der Waals surface area contributed by atoms with E-state index in [1.54, 1.807) is 25.1 Å². The van der Waals surface area contributed by atoms with Crippen molar-refractivity contribution >= 4 is 16.6 Å². The van der Waals surface area contributed by atoms with Gasteiger partial charge in [-0.1, -0.05) is 6.07 Å². The van der Waals surface area contributed by atoms with Crippen LogP contribution in [0.3, 0.4) is 0 Å². The number of benzene rings is 1. The highest BCUT2D eigenvalue weighted by Crippen LogP contribution is 2.18. The largest absolute Gasteiger partial charge is 0.399 e. The Labute approximate surface area is 79.4 Å². The molecule has 0 saturated carbocycles. The molecule has 14 heavy (non-hydrogen) atoms. The molecular formula is C10H9FN2O. The summed E-state index contributed by atoms with van der Waals surface area (Å²) in [6.07, 6.45) is 0. The average Bonchev–Trinajstić information content (AvgIpc) is 2.14. The van der Waals surface area contributed by atoms with Crippen LogP contribution in [-0.2, 0) is 0 Å². The number of aromatic nitrogens is 1. The lowest BCUT2D eigenvalue weighted by atomic mass is 10.1. The first kappa shape index (κ1) is 8.74. The number of nitrogens with one attached hydrogen (secondary N) is 1. The molecule has 0 spiro atoms. The second kappa shape index (κ2) is 2.83. The molecule has 1 aromatic heterocycles. The van der Waals surface area contributed by atoms with Crippen molar-refractivity contribution in [2.45, 2.75) is 6.92 Å². The predicted molar refractivity (Wildman–Crippen MR) is 53.7 cm³/mol. The number of nitrogen functional groups attached to an aromatic ring is 1. The van der Waals surface area contributed by atoms with Gasteiger partial charge in [-0.2, -0.15) is 0 Å². The normalized spacial score (nSPS) is 10.7.